The van der Waals surface area contributed by atoms with E-state index in [4.69, 9.17) is 10.5 Å². The second-order valence-electron chi connectivity index (χ2n) is 9.59. The van der Waals surface area contributed by atoms with E-state index < -0.39 is 10.0 Å². The Morgan fingerprint density at radius 1 is 1.24 bits per heavy atom. The number of sulfonamides is 1. The van der Waals surface area contributed by atoms with Gasteiger partial charge in [0.15, 0.2) is 0 Å². The first-order valence-corrected chi connectivity index (χ1v) is 11.8. The fourth-order valence-electron chi connectivity index (χ4n) is 5.70. The lowest BCUT2D eigenvalue weighted by Gasteiger charge is -2.43. The van der Waals surface area contributed by atoms with Gasteiger partial charge in [0.2, 0.25) is 10.0 Å². The van der Waals surface area contributed by atoms with Crippen molar-refractivity contribution >= 4 is 21.6 Å². The minimum atomic E-state index is -3.77. The number of morpholine rings is 1. The number of hydrogen-bond acceptors (Lipinski definition) is 5. The Balaban J connectivity index is 1.60. The monoisotopic (exact) mass is 421 g/mol. The van der Waals surface area contributed by atoms with Crippen molar-refractivity contribution in [2.45, 2.75) is 51.0 Å². The Bertz CT molecular complexity index is 919. The van der Waals surface area contributed by atoms with E-state index in [2.05, 4.69) is 26.1 Å². The Hall–Kier alpha value is -1.64. The summed E-state index contributed by atoms with van der Waals surface area (Å²) >= 11 is 0. The van der Waals surface area contributed by atoms with Crippen molar-refractivity contribution in [1.29, 1.82) is 0 Å². The van der Waals surface area contributed by atoms with E-state index in [1.54, 1.807) is 6.07 Å². The lowest BCUT2D eigenvalue weighted by Crippen LogP contribution is -2.52. The van der Waals surface area contributed by atoms with Crippen LogP contribution in [0.3, 0.4) is 0 Å². The molecule has 3 fully saturated rings. The second kappa shape index (κ2) is 6.96. The Morgan fingerprint density at radius 3 is 2.55 bits per heavy atom. The molecule has 1 aromatic rings. The number of carbonyl (C=O) groups excluding carboxylic acids is 1. The van der Waals surface area contributed by atoms with Gasteiger partial charge in [0.05, 0.1) is 18.9 Å². The van der Waals surface area contributed by atoms with Crippen molar-refractivity contribution in [2.75, 3.05) is 32.0 Å². The number of fused-ring (bicyclic) bond motifs is 2. The molecule has 2 bridgehead atoms. The number of carbonyl (C=O) groups is 1. The molecule has 1 amide bonds. The number of nitrogens with one attached hydrogen (secondary N) is 1. The van der Waals surface area contributed by atoms with E-state index in [0.29, 0.717) is 24.7 Å². The molecule has 1 aromatic carbocycles. The number of nitrogen functional groups attached to an aromatic ring is 1. The van der Waals surface area contributed by atoms with Crippen LogP contribution in [-0.2, 0) is 14.8 Å². The second-order valence-corrected chi connectivity index (χ2v) is 11.5. The molecule has 0 aromatic heterocycles. The molecule has 8 heteroatoms. The van der Waals surface area contributed by atoms with Crippen molar-refractivity contribution in [2.24, 2.45) is 16.7 Å². The third-order valence-electron chi connectivity index (χ3n) is 7.41. The molecule has 3 atom stereocenters. The number of amides is 1. The number of nitrogens with zero attached hydrogens (tertiary/aromatic N) is 1. The summed E-state index contributed by atoms with van der Waals surface area (Å²) in [5.74, 6) is 0.372. The smallest absolute Gasteiger partial charge is 0.251 e. The van der Waals surface area contributed by atoms with E-state index in [-0.39, 0.29) is 46.5 Å². The van der Waals surface area contributed by atoms with Gasteiger partial charge in [-0.15, -0.1) is 0 Å². The minimum Gasteiger partial charge on any atom is -0.398 e. The number of hydrogen-bond donors (Lipinski definition) is 2. The minimum absolute atomic E-state index is 0.00883. The van der Waals surface area contributed by atoms with Gasteiger partial charge in [0.1, 0.15) is 4.90 Å². The zero-order valence-corrected chi connectivity index (χ0v) is 18.2. The maximum Gasteiger partial charge on any atom is 0.251 e. The normalized spacial score (nSPS) is 31.7. The Labute approximate surface area is 173 Å². The van der Waals surface area contributed by atoms with Gasteiger partial charge in [-0.1, -0.05) is 20.8 Å². The first-order valence-electron chi connectivity index (χ1n) is 10.3. The molecule has 0 radical (unpaired) electrons. The molecule has 7 nitrogen and oxygen atoms in total. The number of benzene rings is 1. The Kier molecular flexibility index (Phi) is 4.95. The highest BCUT2D eigenvalue weighted by molar-refractivity contribution is 7.89. The summed E-state index contributed by atoms with van der Waals surface area (Å²) in [7, 11) is -3.77. The molecule has 2 aliphatic carbocycles. The van der Waals surface area contributed by atoms with Crippen LogP contribution in [0, 0.1) is 16.7 Å². The van der Waals surface area contributed by atoms with Crippen LogP contribution in [-0.4, -0.2) is 51.0 Å². The summed E-state index contributed by atoms with van der Waals surface area (Å²) in [6.45, 7) is 7.99. The van der Waals surface area contributed by atoms with Crippen LogP contribution in [0.2, 0.25) is 0 Å². The van der Waals surface area contributed by atoms with Crippen molar-refractivity contribution in [3.8, 4) is 0 Å². The fraction of sp³-hybridized carbons (Fsp3) is 0.667. The first-order chi connectivity index (χ1) is 13.6. The number of anilines is 1. The first kappa shape index (κ1) is 20.6. The molecular weight excluding hydrogens is 390 g/mol. The highest BCUT2D eigenvalue weighted by Gasteiger charge is 2.59. The van der Waals surface area contributed by atoms with Gasteiger partial charge >= 0.3 is 0 Å². The van der Waals surface area contributed by atoms with Crippen molar-refractivity contribution in [1.82, 2.24) is 9.62 Å². The number of ether oxygens (including phenoxy) is 1. The maximum atomic E-state index is 13.1. The summed E-state index contributed by atoms with van der Waals surface area (Å²) in [4.78, 5) is 13.1. The molecule has 1 unspecified atom stereocenters. The van der Waals surface area contributed by atoms with Crippen LogP contribution in [0.4, 0.5) is 5.69 Å². The van der Waals surface area contributed by atoms with Gasteiger partial charge in [0, 0.05) is 24.7 Å². The molecule has 3 aliphatic rings. The number of rotatable bonds is 4. The molecule has 1 aliphatic heterocycles. The summed E-state index contributed by atoms with van der Waals surface area (Å²) in [5.41, 5.74) is 6.60. The van der Waals surface area contributed by atoms with Crippen LogP contribution < -0.4 is 11.1 Å². The fourth-order valence-corrected chi connectivity index (χ4v) is 7.25. The highest BCUT2D eigenvalue weighted by Crippen LogP contribution is 2.62. The van der Waals surface area contributed by atoms with Crippen LogP contribution in [0.25, 0.3) is 0 Å². The van der Waals surface area contributed by atoms with E-state index in [0.717, 1.165) is 12.8 Å². The third-order valence-corrected chi connectivity index (χ3v) is 9.36. The molecule has 4 rings (SSSR count). The van der Waals surface area contributed by atoms with Gasteiger partial charge < -0.3 is 15.8 Å². The predicted molar refractivity (Wildman–Crippen MR) is 111 cm³/mol. The van der Waals surface area contributed by atoms with Crippen molar-refractivity contribution < 1.29 is 17.9 Å². The van der Waals surface area contributed by atoms with Gasteiger partial charge in [-0.2, -0.15) is 4.31 Å². The highest BCUT2D eigenvalue weighted by atomic mass is 32.2. The van der Waals surface area contributed by atoms with Gasteiger partial charge in [-0.05, 0) is 54.2 Å². The number of nitrogens with two attached hydrogens (primary N) is 1. The van der Waals surface area contributed by atoms with Crippen LogP contribution in [0.1, 0.15) is 50.4 Å². The van der Waals surface area contributed by atoms with Gasteiger partial charge in [-0.25, -0.2) is 8.42 Å². The van der Waals surface area contributed by atoms with E-state index in [9.17, 15) is 13.2 Å². The summed E-state index contributed by atoms with van der Waals surface area (Å²) < 4.78 is 32.7. The lowest BCUT2D eigenvalue weighted by molar-refractivity contribution is 0.0729. The standard InChI is InChI=1S/C21H31N3O4S/c1-20(2)15-6-7-21(3,13-15)19(20)23-18(25)14-4-5-16(22)17(12-14)29(26,27)24-8-10-28-11-9-24/h4-5,12,15,19H,6-11,13,22H2,1-3H3,(H,23,25)/t15-,19?,21+/m1/s1. The average molecular weight is 422 g/mol. The molecule has 160 valence electrons. The van der Waals surface area contributed by atoms with E-state index >= 15 is 0 Å². The molecular formula is C21H31N3O4S. The maximum absolute atomic E-state index is 13.1. The van der Waals surface area contributed by atoms with Crippen molar-refractivity contribution in [3.63, 3.8) is 0 Å². The quantitative estimate of drug-likeness (QED) is 0.726. The molecule has 0 spiro atoms. The zero-order chi connectivity index (χ0) is 21.0. The van der Waals surface area contributed by atoms with Gasteiger partial charge in [-0.3, -0.25) is 4.79 Å². The Morgan fingerprint density at radius 2 is 1.93 bits per heavy atom. The van der Waals surface area contributed by atoms with E-state index in [1.807, 2.05) is 0 Å². The summed E-state index contributed by atoms with van der Waals surface area (Å²) in [5, 5.41) is 3.23. The molecule has 29 heavy (non-hydrogen) atoms. The lowest BCUT2D eigenvalue weighted by atomic mass is 9.68. The molecule has 3 N–H and O–H groups in total. The van der Waals surface area contributed by atoms with E-state index in [1.165, 1.54) is 22.9 Å². The molecule has 1 heterocycles. The zero-order valence-electron chi connectivity index (χ0n) is 17.4. The predicted octanol–water partition coefficient (Wildman–Crippen LogP) is 2.23. The van der Waals surface area contributed by atoms with Gasteiger partial charge in [0.25, 0.3) is 5.91 Å². The summed E-state index contributed by atoms with van der Waals surface area (Å²) in [6, 6.07) is 4.59. The third kappa shape index (κ3) is 3.35. The molecule has 2 saturated carbocycles. The van der Waals surface area contributed by atoms with Crippen LogP contribution in [0.15, 0.2) is 23.1 Å². The largest absolute Gasteiger partial charge is 0.398 e. The summed E-state index contributed by atoms with van der Waals surface area (Å²) in [6.07, 6.45) is 3.45. The van der Waals surface area contributed by atoms with Crippen LogP contribution >= 0.6 is 0 Å². The van der Waals surface area contributed by atoms with Crippen molar-refractivity contribution in [3.05, 3.63) is 23.8 Å². The average Bonchev–Trinajstić information content (AvgIpc) is 3.17. The SMILES string of the molecule is CC1(C)C(NC(=O)c2ccc(N)c(S(=O)(=O)N3CCOCC3)c2)[C@@]2(C)CC[C@@H]1C2. The topological polar surface area (TPSA) is 102 Å². The van der Waals surface area contributed by atoms with Crippen LogP contribution in [0.5, 0.6) is 0 Å². The molecule has 1 saturated heterocycles.